The van der Waals surface area contributed by atoms with E-state index in [-0.39, 0.29) is 29.6 Å². The van der Waals surface area contributed by atoms with Gasteiger partial charge in [0, 0.05) is 34.5 Å². The van der Waals surface area contributed by atoms with Crippen LogP contribution in [-0.4, -0.2) is 49.1 Å². The Labute approximate surface area is 280 Å². The molecule has 0 heterocycles. The number of unbranched alkanes of at least 4 members (excludes halogenated alkanes) is 3. The van der Waals surface area contributed by atoms with Gasteiger partial charge in [-0.3, -0.25) is 9.98 Å². The number of nitrogens with one attached hydrogen (secondary N) is 2. The fourth-order valence-corrected chi connectivity index (χ4v) is 3.97. The summed E-state index contributed by atoms with van der Waals surface area (Å²) >= 11 is 11.7. The molecule has 3 rings (SSSR count). The largest absolute Gasteiger partial charge is 0.504 e. The lowest BCUT2D eigenvalue weighted by Crippen LogP contribution is -2.26. The molecule has 0 amide bonds. The van der Waals surface area contributed by atoms with Gasteiger partial charge in [-0.05, 0) is 85.5 Å². The fraction of sp³-hybridized carbons (Fsp3) is 0.250. The standard InChI is InChI=1S/C22H30Cl2N10.C10H12O2/c23-15-5-9-17(10-6-15)31-21(27)33-19(25)29-13-3-1-2-4-14-30-20(26)34-22(28)32-18-11-7-16(24)8-12-18;1-3-4-8-5-6-9(11)10(7-8)12-2/h5-12H,1-4,13-14H2,(H5,25,27,29,31,33)(H5,26,28,30,32,34);3,5-7,11H,1,4H2,2H3. The number of nitrogens with zero attached hydrogens (tertiary/aromatic N) is 4. The number of halogens is 2. The molecule has 0 aliphatic heterocycles. The van der Waals surface area contributed by atoms with Crippen molar-refractivity contribution in [3.63, 3.8) is 0 Å². The van der Waals surface area contributed by atoms with E-state index in [1.807, 2.05) is 12.1 Å². The maximum Gasteiger partial charge on any atom is 0.218 e. The number of hydrogen-bond acceptors (Lipinski definition) is 4. The van der Waals surface area contributed by atoms with Crippen molar-refractivity contribution in [3.05, 3.63) is 95.0 Å². The predicted octanol–water partition coefficient (Wildman–Crippen LogP) is 5.47. The second-order valence-corrected chi connectivity index (χ2v) is 10.5. The summed E-state index contributed by atoms with van der Waals surface area (Å²) in [6, 6.07) is 19.4. The normalized spacial score (nSPS) is 12.2. The van der Waals surface area contributed by atoms with Crippen molar-refractivity contribution < 1.29 is 9.84 Å². The van der Waals surface area contributed by atoms with Crippen LogP contribution in [0.15, 0.2) is 99.4 Å². The van der Waals surface area contributed by atoms with Crippen LogP contribution in [0, 0.1) is 0 Å². The SMILES string of the molecule is C=CCc1ccc(O)c(OC)c1.NC(=NCCCCCCN=C(N)/N=C(\N)Nc1ccc(Cl)cc1)/N=C(\N)Nc1ccc(Cl)cc1. The van der Waals surface area contributed by atoms with E-state index in [9.17, 15) is 5.11 Å². The summed E-state index contributed by atoms with van der Waals surface area (Å²) in [5.74, 6) is 1.24. The summed E-state index contributed by atoms with van der Waals surface area (Å²) in [4.78, 5) is 16.5. The third kappa shape index (κ3) is 15.7. The van der Waals surface area contributed by atoms with Crippen molar-refractivity contribution in [3.8, 4) is 11.5 Å². The third-order valence-electron chi connectivity index (χ3n) is 5.94. The van der Waals surface area contributed by atoms with Crippen LogP contribution < -0.4 is 38.3 Å². The lowest BCUT2D eigenvalue weighted by atomic mass is 10.1. The van der Waals surface area contributed by atoms with E-state index in [0.717, 1.165) is 49.0 Å². The summed E-state index contributed by atoms with van der Waals surface area (Å²) in [6.45, 7) is 4.75. The molecule has 14 heteroatoms. The smallest absolute Gasteiger partial charge is 0.218 e. The molecule has 0 radical (unpaired) electrons. The average Bonchev–Trinajstić information content (AvgIpc) is 3.02. The van der Waals surface area contributed by atoms with Gasteiger partial charge in [0.25, 0.3) is 0 Å². The van der Waals surface area contributed by atoms with Gasteiger partial charge in [0.15, 0.2) is 11.5 Å². The Bertz CT molecular complexity index is 1410. The van der Waals surface area contributed by atoms with Crippen LogP contribution in [0.5, 0.6) is 11.5 Å². The Morgan fingerprint density at radius 2 is 1.22 bits per heavy atom. The number of anilines is 2. The average molecular weight is 670 g/mol. The molecule has 0 saturated carbocycles. The molecule has 3 aromatic rings. The summed E-state index contributed by atoms with van der Waals surface area (Å²) in [5.41, 5.74) is 25.8. The zero-order chi connectivity index (χ0) is 33.7. The predicted molar refractivity (Wildman–Crippen MR) is 193 cm³/mol. The monoisotopic (exact) mass is 668 g/mol. The number of aromatic hydroxyl groups is 1. The molecule has 0 spiro atoms. The summed E-state index contributed by atoms with van der Waals surface area (Å²) < 4.78 is 4.95. The van der Waals surface area contributed by atoms with Gasteiger partial charge in [0.1, 0.15) is 0 Å². The number of nitrogens with two attached hydrogens (primary N) is 4. The minimum Gasteiger partial charge on any atom is -0.504 e. The van der Waals surface area contributed by atoms with Gasteiger partial charge in [0.2, 0.25) is 23.8 Å². The number of phenolic OH excluding ortho intramolecular Hbond substituents is 1. The number of phenols is 1. The first-order valence-corrected chi connectivity index (χ1v) is 15.1. The van der Waals surface area contributed by atoms with Gasteiger partial charge < -0.3 is 43.4 Å². The number of guanidine groups is 4. The Kier molecular flexibility index (Phi) is 16.9. The molecule has 0 aliphatic rings. The Hall–Kier alpha value is -4.94. The van der Waals surface area contributed by atoms with Crippen molar-refractivity contribution in [2.75, 3.05) is 30.8 Å². The van der Waals surface area contributed by atoms with Crippen molar-refractivity contribution in [2.24, 2.45) is 42.9 Å². The van der Waals surface area contributed by atoms with Crippen LogP contribution in [-0.2, 0) is 6.42 Å². The van der Waals surface area contributed by atoms with Crippen molar-refractivity contribution >= 4 is 58.4 Å². The van der Waals surface area contributed by atoms with Gasteiger partial charge in [-0.25, -0.2) is 0 Å². The third-order valence-corrected chi connectivity index (χ3v) is 6.45. The van der Waals surface area contributed by atoms with Crippen molar-refractivity contribution in [1.82, 2.24) is 0 Å². The van der Waals surface area contributed by atoms with Crippen LogP contribution in [0.2, 0.25) is 10.0 Å². The molecule has 0 bridgehead atoms. The molecule has 0 aliphatic carbocycles. The molecule has 0 fully saturated rings. The van der Waals surface area contributed by atoms with E-state index in [2.05, 4.69) is 37.2 Å². The van der Waals surface area contributed by atoms with Gasteiger partial charge in [-0.2, -0.15) is 9.98 Å². The Morgan fingerprint density at radius 1 is 0.761 bits per heavy atom. The molecule has 0 aromatic heterocycles. The summed E-state index contributed by atoms with van der Waals surface area (Å²) in [5, 5.41) is 16.4. The van der Waals surface area contributed by atoms with E-state index in [1.54, 1.807) is 60.7 Å². The van der Waals surface area contributed by atoms with Crippen LogP contribution in [0.3, 0.4) is 0 Å². The highest BCUT2D eigenvalue weighted by Gasteiger charge is 2.01. The van der Waals surface area contributed by atoms with Gasteiger partial charge >= 0.3 is 0 Å². The molecule has 3 aromatic carbocycles. The first-order chi connectivity index (χ1) is 22.1. The molecular weight excluding hydrogens is 627 g/mol. The fourth-order valence-electron chi connectivity index (χ4n) is 3.72. The number of hydrogen-bond donors (Lipinski definition) is 7. The van der Waals surface area contributed by atoms with E-state index in [0.29, 0.717) is 28.9 Å². The van der Waals surface area contributed by atoms with Crippen LogP contribution in [0.1, 0.15) is 31.2 Å². The first-order valence-electron chi connectivity index (χ1n) is 14.4. The molecule has 46 heavy (non-hydrogen) atoms. The zero-order valence-electron chi connectivity index (χ0n) is 25.8. The molecule has 12 nitrogen and oxygen atoms in total. The quantitative estimate of drug-likeness (QED) is 0.0568. The highest BCUT2D eigenvalue weighted by atomic mass is 35.5. The first kappa shape index (κ1) is 37.2. The topological polar surface area (TPSA) is 207 Å². The number of rotatable bonds is 12. The maximum absolute atomic E-state index is 9.25. The number of methoxy groups -OCH3 is 1. The van der Waals surface area contributed by atoms with Gasteiger partial charge in [-0.1, -0.05) is 48.2 Å². The lowest BCUT2D eigenvalue weighted by molar-refractivity contribution is 0.373. The van der Waals surface area contributed by atoms with E-state index >= 15 is 0 Å². The second-order valence-electron chi connectivity index (χ2n) is 9.65. The maximum atomic E-state index is 9.25. The lowest BCUT2D eigenvalue weighted by Gasteiger charge is -2.05. The molecule has 0 saturated heterocycles. The van der Waals surface area contributed by atoms with E-state index in [1.165, 1.54) is 7.11 Å². The number of allylic oxidation sites excluding steroid dienone is 1. The highest BCUT2D eigenvalue weighted by Crippen LogP contribution is 2.26. The van der Waals surface area contributed by atoms with Crippen LogP contribution in [0.25, 0.3) is 0 Å². The number of ether oxygens (including phenoxy) is 1. The van der Waals surface area contributed by atoms with Gasteiger partial charge in [0.05, 0.1) is 7.11 Å². The van der Waals surface area contributed by atoms with Crippen molar-refractivity contribution in [1.29, 1.82) is 0 Å². The van der Waals surface area contributed by atoms with Crippen LogP contribution >= 0.6 is 23.2 Å². The number of benzene rings is 3. The molecule has 11 N–H and O–H groups in total. The van der Waals surface area contributed by atoms with Gasteiger partial charge in [-0.15, -0.1) is 6.58 Å². The zero-order valence-corrected chi connectivity index (χ0v) is 27.3. The Morgan fingerprint density at radius 3 is 1.63 bits per heavy atom. The molecule has 246 valence electrons. The second kappa shape index (κ2) is 20.9. The summed E-state index contributed by atoms with van der Waals surface area (Å²) in [6.07, 6.45) is 6.28. The van der Waals surface area contributed by atoms with Crippen LogP contribution in [0.4, 0.5) is 11.4 Å². The molecule has 0 atom stereocenters. The minimum atomic E-state index is 0.124. The van der Waals surface area contributed by atoms with Crippen molar-refractivity contribution in [2.45, 2.75) is 32.1 Å². The molecule has 0 unspecified atom stereocenters. The number of aliphatic imine (C=N–C) groups is 4. The Balaban J connectivity index is 0.000000512. The van der Waals surface area contributed by atoms with E-state index < -0.39 is 0 Å². The minimum absolute atomic E-state index is 0.124. The highest BCUT2D eigenvalue weighted by molar-refractivity contribution is 6.31. The van der Waals surface area contributed by atoms with E-state index in [4.69, 9.17) is 50.9 Å². The summed E-state index contributed by atoms with van der Waals surface area (Å²) in [7, 11) is 1.53. The molecular formula is C32H42Cl2N10O2.